The van der Waals surface area contributed by atoms with Gasteiger partial charge in [0.25, 0.3) is 0 Å². The summed E-state index contributed by atoms with van der Waals surface area (Å²) in [5, 5.41) is 0. The van der Waals surface area contributed by atoms with Gasteiger partial charge in [-0.3, -0.25) is 4.79 Å². The van der Waals surface area contributed by atoms with E-state index in [4.69, 9.17) is 9.47 Å². The summed E-state index contributed by atoms with van der Waals surface area (Å²) in [6.07, 6.45) is 5.26. The Hall–Kier alpha value is -1.26. The first-order valence-corrected chi connectivity index (χ1v) is 8.03. The van der Waals surface area contributed by atoms with Crippen molar-refractivity contribution in [2.24, 2.45) is 5.92 Å². The zero-order valence-corrected chi connectivity index (χ0v) is 14.0. The predicted octanol–water partition coefficient (Wildman–Crippen LogP) is 3.61. The minimum absolute atomic E-state index is 0.0691. The minimum atomic E-state index is -0.319. The molecule has 0 N–H and O–H groups in total. The van der Waals surface area contributed by atoms with Crippen LogP contribution in [-0.2, 0) is 14.3 Å². The van der Waals surface area contributed by atoms with E-state index in [0.717, 1.165) is 25.7 Å². The van der Waals surface area contributed by atoms with Crippen LogP contribution in [0.1, 0.15) is 59.3 Å². The average Bonchev–Trinajstić information content (AvgIpc) is 2.47. The lowest BCUT2D eigenvalue weighted by Crippen LogP contribution is -2.36. The van der Waals surface area contributed by atoms with Gasteiger partial charge in [0.2, 0.25) is 0 Å². The molecular weight excluding hydrogens is 270 g/mol. The Labute approximate surface area is 129 Å². The monoisotopic (exact) mass is 301 g/mol. The van der Waals surface area contributed by atoms with Crippen molar-refractivity contribution in [1.82, 2.24) is 4.90 Å². The van der Waals surface area contributed by atoms with Crippen LogP contribution in [0.15, 0.2) is 0 Å². The van der Waals surface area contributed by atoms with Crippen LogP contribution >= 0.6 is 0 Å². The molecular formula is C16H31NO4. The van der Waals surface area contributed by atoms with Gasteiger partial charge in [0.15, 0.2) is 0 Å². The van der Waals surface area contributed by atoms with E-state index in [2.05, 4.69) is 6.92 Å². The number of ether oxygens (including phenoxy) is 2. The maximum atomic E-state index is 11.8. The number of esters is 1. The Morgan fingerprint density at radius 2 is 1.81 bits per heavy atom. The van der Waals surface area contributed by atoms with Gasteiger partial charge < -0.3 is 14.4 Å². The fourth-order valence-electron chi connectivity index (χ4n) is 2.12. The third kappa shape index (κ3) is 10.2. The number of unbranched alkanes of at least 4 members (excludes halogenated alkanes) is 3. The fraction of sp³-hybridized carbons (Fsp3) is 0.875. The normalized spacial score (nSPS) is 11.8. The second kappa shape index (κ2) is 12.5. The molecule has 0 rings (SSSR count). The van der Waals surface area contributed by atoms with Gasteiger partial charge in [-0.2, -0.15) is 0 Å². The fourth-order valence-corrected chi connectivity index (χ4v) is 2.12. The van der Waals surface area contributed by atoms with E-state index < -0.39 is 0 Å². The van der Waals surface area contributed by atoms with Crippen molar-refractivity contribution in [3.8, 4) is 0 Å². The highest BCUT2D eigenvalue weighted by Gasteiger charge is 2.19. The largest absolute Gasteiger partial charge is 0.466 e. The number of amides is 1. The molecule has 0 heterocycles. The molecule has 0 aliphatic carbocycles. The third-order valence-corrected chi connectivity index (χ3v) is 3.23. The van der Waals surface area contributed by atoms with Crippen molar-refractivity contribution in [2.75, 3.05) is 26.8 Å². The van der Waals surface area contributed by atoms with Crippen LogP contribution in [0.5, 0.6) is 0 Å². The number of methoxy groups -OCH3 is 1. The van der Waals surface area contributed by atoms with Gasteiger partial charge in [-0.25, -0.2) is 4.79 Å². The summed E-state index contributed by atoms with van der Waals surface area (Å²) in [4.78, 5) is 25.0. The molecule has 0 radical (unpaired) electrons. The van der Waals surface area contributed by atoms with Crippen molar-refractivity contribution >= 4 is 12.1 Å². The average molecular weight is 301 g/mol. The first kappa shape index (κ1) is 19.7. The van der Waals surface area contributed by atoms with Crippen molar-refractivity contribution in [3.05, 3.63) is 0 Å². The molecule has 5 heteroatoms. The topological polar surface area (TPSA) is 55.8 Å². The molecule has 0 saturated carbocycles. The van der Waals surface area contributed by atoms with Crippen molar-refractivity contribution in [2.45, 2.75) is 59.3 Å². The lowest BCUT2D eigenvalue weighted by Gasteiger charge is -2.24. The van der Waals surface area contributed by atoms with Crippen LogP contribution in [0.2, 0.25) is 0 Å². The Balaban J connectivity index is 4.18. The number of nitrogens with zero attached hydrogens (tertiary/aromatic N) is 1. The Bertz CT molecular complexity index is 294. The van der Waals surface area contributed by atoms with Crippen LogP contribution < -0.4 is 0 Å². The molecule has 1 unspecified atom stereocenters. The first-order valence-electron chi connectivity index (χ1n) is 8.03. The Kier molecular flexibility index (Phi) is 11.7. The molecule has 0 fully saturated rings. The second-order valence-electron chi connectivity index (χ2n) is 5.51. The van der Waals surface area contributed by atoms with Crippen molar-refractivity contribution < 1.29 is 19.1 Å². The Morgan fingerprint density at radius 3 is 2.38 bits per heavy atom. The summed E-state index contributed by atoms with van der Waals surface area (Å²) in [5.74, 6) is -0.125. The van der Waals surface area contributed by atoms with E-state index in [1.54, 1.807) is 4.90 Å². The molecule has 0 spiro atoms. The molecule has 0 aliphatic rings. The summed E-state index contributed by atoms with van der Waals surface area (Å²) >= 11 is 0. The molecule has 21 heavy (non-hydrogen) atoms. The van der Waals surface area contributed by atoms with Gasteiger partial charge in [0, 0.05) is 19.5 Å². The summed E-state index contributed by atoms with van der Waals surface area (Å²) in [5.41, 5.74) is 0. The van der Waals surface area contributed by atoms with Gasteiger partial charge >= 0.3 is 12.1 Å². The quantitative estimate of drug-likeness (QED) is 0.432. The highest BCUT2D eigenvalue weighted by molar-refractivity contribution is 5.70. The van der Waals surface area contributed by atoms with E-state index in [-0.39, 0.29) is 18.0 Å². The summed E-state index contributed by atoms with van der Waals surface area (Å²) in [7, 11) is 1.39. The number of carbonyl (C=O) groups excluding carboxylic acids is 2. The summed E-state index contributed by atoms with van der Waals surface area (Å²) in [6.45, 7) is 7.74. The maximum absolute atomic E-state index is 11.8. The van der Waals surface area contributed by atoms with E-state index in [1.165, 1.54) is 13.5 Å². The Morgan fingerprint density at radius 1 is 1.10 bits per heavy atom. The van der Waals surface area contributed by atoms with Gasteiger partial charge in [-0.15, -0.1) is 0 Å². The standard InChI is InChI=1S/C16H31NO4/c1-5-7-8-9-10-17(16(19)20-4)13-14(3)12-15(18)21-11-6-2/h14H,5-13H2,1-4H3. The van der Waals surface area contributed by atoms with Crippen LogP contribution in [0.3, 0.4) is 0 Å². The highest BCUT2D eigenvalue weighted by Crippen LogP contribution is 2.10. The van der Waals surface area contributed by atoms with Crippen molar-refractivity contribution in [3.63, 3.8) is 0 Å². The molecule has 0 aromatic carbocycles. The van der Waals surface area contributed by atoms with Gasteiger partial charge in [-0.05, 0) is 18.8 Å². The zero-order chi connectivity index (χ0) is 16.1. The summed E-state index contributed by atoms with van der Waals surface area (Å²) < 4.78 is 9.88. The lowest BCUT2D eigenvalue weighted by atomic mass is 10.1. The predicted molar refractivity (Wildman–Crippen MR) is 83.2 cm³/mol. The number of hydrogen-bond donors (Lipinski definition) is 0. The first-order chi connectivity index (χ1) is 10.0. The van der Waals surface area contributed by atoms with E-state index in [1.807, 2.05) is 13.8 Å². The lowest BCUT2D eigenvalue weighted by molar-refractivity contribution is -0.144. The summed E-state index contributed by atoms with van der Waals surface area (Å²) in [6, 6.07) is 0. The minimum Gasteiger partial charge on any atom is -0.466 e. The molecule has 0 aliphatic heterocycles. The second-order valence-corrected chi connectivity index (χ2v) is 5.51. The van der Waals surface area contributed by atoms with Crippen LogP contribution in [0, 0.1) is 5.92 Å². The molecule has 1 atom stereocenters. The molecule has 0 aromatic heterocycles. The molecule has 0 saturated heterocycles. The molecule has 124 valence electrons. The van der Waals surface area contributed by atoms with Crippen LogP contribution in [-0.4, -0.2) is 43.8 Å². The van der Waals surface area contributed by atoms with Crippen LogP contribution in [0.25, 0.3) is 0 Å². The van der Waals surface area contributed by atoms with E-state index in [9.17, 15) is 9.59 Å². The van der Waals surface area contributed by atoms with Gasteiger partial charge in [0.1, 0.15) is 0 Å². The number of rotatable bonds is 11. The zero-order valence-electron chi connectivity index (χ0n) is 14.0. The molecule has 0 bridgehead atoms. The highest BCUT2D eigenvalue weighted by atomic mass is 16.5. The third-order valence-electron chi connectivity index (χ3n) is 3.23. The smallest absolute Gasteiger partial charge is 0.409 e. The van der Waals surface area contributed by atoms with Crippen molar-refractivity contribution in [1.29, 1.82) is 0 Å². The van der Waals surface area contributed by atoms with Gasteiger partial charge in [0.05, 0.1) is 13.7 Å². The van der Waals surface area contributed by atoms with E-state index in [0.29, 0.717) is 26.1 Å². The SMILES string of the molecule is CCCCCCN(CC(C)CC(=O)OCCC)C(=O)OC. The van der Waals surface area contributed by atoms with Gasteiger partial charge in [-0.1, -0.05) is 40.0 Å². The number of carbonyl (C=O) groups is 2. The maximum Gasteiger partial charge on any atom is 0.409 e. The number of hydrogen-bond acceptors (Lipinski definition) is 4. The van der Waals surface area contributed by atoms with E-state index >= 15 is 0 Å². The molecule has 5 nitrogen and oxygen atoms in total. The van der Waals surface area contributed by atoms with Crippen LogP contribution in [0.4, 0.5) is 4.79 Å². The molecule has 1 amide bonds. The molecule has 0 aromatic rings.